The SMILES string of the molecule is C=Nc1n[nH]c(N)c1NN(C)c1ccccc1. The highest BCUT2D eigenvalue weighted by molar-refractivity contribution is 5.76. The largest absolute Gasteiger partial charge is 0.382 e. The molecule has 0 amide bonds. The predicted molar refractivity (Wildman–Crippen MR) is 70.7 cm³/mol. The van der Waals surface area contributed by atoms with Crippen molar-refractivity contribution in [3.63, 3.8) is 0 Å². The normalized spacial score (nSPS) is 9.94. The van der Waals surface area contributed by atoms with E-state index in [-0.39, 0.29) is 0 Å². The van der Waals surface area contributed by atoms with Crippen LogP contribution in [0.15, 0.2) is 35.3 Å². The molecule has 0 spiro atoms. The third kappa shape index (κ3) is 2.20. The van der Waals surface area contributed by atoms with E-state index in [9.17, 15) is 0 Å². The van der Waals surface area contributed by atoms with Gasteiger partial charge in [0.15, 0.2) is 0 Å². The van der Waals surface area contributed by atoms with Gasteiger partial charge in [0.2, 0.25) is 5.82 Å². The molecule has 1 aromatic heterocycles. The number of rotatable bonds is 4. The van der Waals surface area contributed by atoms with Gasteiger partial charge < -0.3 is 5.73 Å². The highest BCUT2D eigenvalue weighted by Gasteiger charge is 2.11. The Labute approximate surface area is 99.1 Å². The summed E-state index contributed by atoms with van der Waals surface area (Å²) < 4.78 is 0. The highest BCUT2D eigenvalue weighted by atomic mass is 15.5. The van der Waals surface area contributed by atoms with E-state index in [1.54, 1.807) is 0 Å². The molecule has 0 unspecified atom stereocenters. The van der Waals surface area contributed by atoms with Crippen molar-refractivity contribution in [2.75, 3.05) is 23.2 Å². The van der Waals surface area contributed by atoms with Crippen LogP contribution in [0.5, 0.6) is 0 Å². The number of benzene rings is 1. The summed E-state index contributed by atoms with van der Waals surface area (Å²) in [6, 6.07) is 9.83. The van der Waals surface area contributed by atoms with Crippen molar-refractivity contribution in [3.8, 4) is 0 Å². The van der Waals surface area contributed by atoms with Gasteiger partial charge in [0.25, 0.3) is 0 Å². The van der Waals surface area contributed by atoms with E-state index >= 15 is 0 Å². The lowest BCUT2D eigenvalue weighted by Crippen LogP contribution is -2.24. The molecule has 0 bridgehead atoms. The number of aromatic amines is 1. The molecule has 88 valence electrons. The minimum absolute atomic E-state index is 0.426. The summed E-state index contributed by atoms with van der Waals surface area (Å²) in [5, 5.41) is 8.39. The molecule has 4 N–H and O–H groups in total. The first-order chi connectivity index (χ1) is 8.22. The lowest BCUT2D eigenvalue weighted by molar-refractivity contribution is 1.09. The zero-order chi connectivity index (χ0) is 12.3. The zero-order valence-electron chi connectivity index (χ0n) is 9.51. The van der Waals surface area contributed by atoms with Crippen molar-refractivity contribution in [3.05, 3.63) is 30.3 Å². The molecule has 0 fully saturated rings. The van der Waals surface area contributed by atoms with E-state index < -0.39 is 0 Å². The van der Waals surface area contributed by atoms with Gasteiger partial charge in [-0.05, 0) is 18.9 Å². The Balaban J connectivity index is 2.21. The van der Waals surface area contributed by atoms with Crippen LogP contribution in [0.25, 0.3) is 0 Å². The summed E-state index contributed by atoms with van der Waals surface area (Å²) in [6.45, 7) is 3.44. The van der Waals surface area contributed by atoms with E-state index in [4.69, 9.17) is 5.73 Å². The van der Waals surface area contributed by atoms with Crippen LogP contribution >= 0.6 is 0 Å². The number of hydrogen-bond acceptors (Lipinski definition) is 5. The minimum Gasteiger partial charge on any atom is -0.382 e. The number of aliphatic imine (C=N–C) groups is 1. The molecule has 2 aromatic rings. The topological polar surface area (TPSA) is 82.3 Å². The standard InChI is InChI=1S/C11H14N6/c1-13-11-9(10(12)14-15-11)16-17(2)8-6-4-3-5-7-8/h3-7,16H,1H2,2H3,(H3,12,14,15). The summed E-state index contributed by atoms with van der Waals surface area (Å²) >= 11 is 0. The van der Waals surface area contributed by atoms with Crippen LogP contribution in [0.1, 0.15) is 0 Å². The number of aromatic nitrogens is 2. The summed E-state index contributed by atoms with van der Waals surface area (Å²) in [6.07, 6.45) is 0. The Bertz CT molecular complexity index is 504. The van der Waals surface area contributed by atoms with Crippen molar-refractivity contribution < 1.29 is 0 Å². The third-order valence-electron chi connectivity index (χ3n) is 2.35. The fraction of sp³-hybridized carbons (Fsp3) is 0.0909. The molecule has 0 saturated heterocycles. The molecule has 0 aliphatic rings. The molecular formula is C11H14N6. The molecule has 6 heteroatoms. The second-order valence-corrected chi connectivity index (χ2v) is 3.50. The Morgan fingerprint density at radius 3 is 2.76 bits per heavy atom. The second-order valence-electron chi connectivity index (χ2n) is 3.50. The number of para-hydroxylation sites is 1. The van der Waals surface area contributed by atoms with Gasteiger partial charge in [-0.3, -0.25) is 15.5 Å². The monoisotopic (exact) mass is 230 g/mol. The van der Waals surface area contributed by atoms with Gasteiger partial charge in [-0.15, -0.1) is 0 Å². The fourth-order valence-electron chi connectivity index (χ4n) is 1.45. The van der Waals surface area contributed by atoms with Crippen LogP contribution in [-0.4, -0.2) is 24.0 Å². The van der Waals surface area contributed by atoms with Gasteiger partial charge in [-0.1, -0.05) is 18.2 Å². The number of H-pyrrole nitrogens is 1. The van der Waals surface area contributed by atoms with Crippen LogP contribution < -0.4 is 16.2 Å². The van der Waals surface area contributed by atoms with Gasteiger partial charge in [0.1, 0.15) is 11.5 Å². The van der Waals surface area contributed by atoms with E-state index in [0.717, 1.165) is 5.69 Å². The number of nitrogen functional groups attached to an aromatic ring is 1. The predicted octanol–water partition coefficient (Wildman–Crippen LogP) is 1.79. The van der Waals surface area contributed by atoms with Gasteiger partial charge in [-0.25, -0.2) is 4.99 Å². The van der Waals surface area contributed by atoms with Gasteiger partial charge in [-0.2, -0.15) is 5.10 Å². The molecule has 0 aliphatic heterocycles. The molecule has 1 aromatic carbocycles. The minimum atomic E-state index is 0.426. The van der Waals surface area contributed by atoms with Crippen LogP contribution in [0.3, 0.4) is 0 Å². The Morgan fingerprint density at radius 1 is 1.41 bits per heavy atom. The number of anilines is 3. The van der Waals surface area contributed by atoms with Crippen LogP contribution in [0.4, 0.5) is 23.0 Å². The number of nitrogens with two attached hydrogens (primary N) is 1. The average molecular weight is 230 g/mol. The maximum atomic E-state index is 5.75. The van der Waals surface area contributed by atoms with Crippen LogP contribution in [0, 0.1) is 0 Å². The number of nitrogens with zero attached hydrogens (tertiary/aromatic N) is 3. The van der Waals surface area contributed by atoms with E-state index in [0.29, 0.717) is 17.3 Å². The second kappa shape index (κ2) is 4.56. The van der Waals surface area contributed by atoms with Crippen molar-refractivity contribution in [1.29, 1.82) is 0 Å². The molecule has 2 rings (SSSR count). The lowest BCUT2D eigenvalue weighted by atomic mass is 10.3. The first-order valence-electron chi connectivity index (χ1n) is 5.08. The van der Waals surface area contributed by atoms with Gasteiger partial charge >= 0.3 is 0 Å². The highest BCUT2D eigenvalue weighted by Crippen LogP contribution is 2.28. The van der Waals surface area contributed by atoms with E-state index in [2.05, 4.69) is 27.3 Å². The van der Waals surface area contributed by atoms with Crippen LogP contribution in [0.2, 0.25) is 0 Å². The maximum Gasteiger partial charge on any atom is 0.200 e. The van der Waals surface area contributed by atoms with E-state index in [1.165, 1.54) is 0 Å². The van der Waals surface area contributed by atoms with Crippen LogP contribution in [-0.2, 0) is 0 Å². The first-order valence-corrected chi connectivity index (χ1v) is 5.08. The Kier molecular flexibility index (Phi) is 2.95. The van der Waals surface area contributed by atoms with Crippen molar-refractivity contribution in [2.45, 2.75) is 0 Å². The molecule has 0 aliphatic carbocycles. The summed E-state index contributed by atoms with van der Waals surface area (Å²) in [5.41, 5.74) is 10.5. The maximum absolute atomic E-state index is 5.75. The van der Waals surface area contributed by atoms with E-state index in [1.807, 2.05) is 42.4 Å². The average Bonchev–Trinajstić information content (AvgIpc) is 2.71. The quantitative estimate of drug-likeness (QED) is 0.552. The van der Waals surface area contributed by atoms with Crippen molar-refractivity contribution in [2.24, 2.45) is 4.99 Å². The molecule has 6 nitrogen and oxygen atoms in total. The summed E-state index contributed by atoms with van der Waals surface area (Å²) in [4.78, 5) is 3.78. The summed E-state index contributed by atoms with van der Waals surface area (Å²) in [5.74, 6) is 0.875. The molecule has 17 heavy (non-hydrogen) atoms. The number of hydrogen-bond donors (Lipinski definition) is 3. The smallest absolute Gasteiger partial charge is 0.200 e. The van der Waals surface area contributed by atoms with Gasteiger partial charge in [0, 0.05) is 7.05 Å². The van der Waals surface area contributed by atoms with Gasteiger partial charge in [0.05, 0.1) is 5.69 Å². The molecular weight excluding hydrogens is 216 g/mol. The molecule has 0 radical (unpaired) electrons. The molecule has 0 atom stereocenters. The Morgan fingerprint density at radius 2 is 2.12 bits per heavy atom. The first kappa shape index (κ1) is 11.0. The number of hydrazine groups is 1. The Hall–Kier alpha value is -2.50. The number of nitrogens with one attached hydrogen (secondary N) is 2. The lowest BCUT2D eigenvalue weighted by Gasteiger charge is -2.21. The van der Waals surface area contributed by atoms with Crippen molar-refractivity contribution >= 4 is 29.7 Å². The molecule has 0 saturated carbocycles. The summed E-state index contributed by atoms with van der Waals surface area (Å²) in [7, 11) is 1.88. The fourth-order valence-corrected chi connectivity index (χ4v) is 1.45. The molecule has 1 heterocycles. The van der Waals surface area contributed by atoms with Crippen molar-refractivity contribution in [1.82, 2.24) is 10.2 Å². The third-order valence-corrected chi connectivity index (χ3v) is 2.35. The zero-order valence-corrected chi connectivity index (χ0v) is 9.51.